The number of rotatable bonds is 10. The number of H-pyrrole nitrogens is 1. The predicted molar refractivity (Wildman–Crippen MR) is 419 cm³/mol. The average molecular weight is 1500 g/mol. The van der Waals surface area contributed by atoms with E-state index in [1.165, 1.54) is 18.2 Å². The van der Waals surface area contributed by atoms with E-state index in [4.69, 9.17) is 9.97 Å². The maximum Gasteiger partial charge on any atom is 0.416 e. The van der Waals surface area contributed by atoms with Gasteiger partial charge in [-0.3, -0.25) is 53.2 Å². The first-order valence-electron chi connectivity index (χ1n) is 35.3. The molecule has 18 rings (SSSR count). The summed E-state index contributed by atoms with van der Waals surface area (Å²) in [6, 6.07) is 61.4. The third-order valence-corrected chi connectivity index (χ3v) is 20.3. The number of aromatic hydroxyl groups is 1. The normalized spacial score (nSPS) is 13.6. The Labute approximate surface area is 633 Å². The van der Waals surface area contributed by atoms with Crippen molar-refractivity contribution in [1.82, 2.24) is 23.8 Å². The molecule has 112 heavy (non-hydrogen) atoms. The number of carbonyl (C=O) groups excluding carboxylic acids is 3. The number of carbonyl (C=O) groups is 3. The SMILES string of the molecule is Cc1ccc(-c2c3c(c(-c4ccc(C)cc4)n4c5ccc(C(F)(F)F)cc5nc34)c3nc4cc(C)ccc4n23)cc1.Cc1ccc(C2=C3C(=O)N(c4ccc(C(F)(F)F)cc4[N+](=O)[O-])C(c4ccc(C)cc4)=C3C(=O)N2c2ccc(C)cc2[N+](=O)[O-])cc1.Cc1ccc(C2=NC(=O)c3c(-c4ccc(C)cc4)[nH]c(O)c32)cc1. The second-order valence-corrected chi connectivity index (χ2v) is 28.2. The van der Waals surface area contributed by atoms with E-state index >= 15 is 0 Å². The van der Waals surface area contributed by atoms with Crippen molar-refractivity contribution >= 4 is 102 Å². The number of amides is 3. The van der Waals surface area contributed by atoms with Crippen LogP contribution in [-0.2, 0) is 21.9 Å². The highest BCUT2D eigenvalue weighted by Gasteiger charge is 2.52. The zero-order chi connectivity index (χ0) is 79.0. The van der Waals surface area contributed by atoms with Gasteiger partial charge < -0.3 is 10.1 Å². The lowest BCUT2D eigenvalue weighted by molar-refractivity contribution is -0.384. The molecule has 0 saturated heterocycles. The van der Waals surface area contributed by atoms with Gasteiger partial charge in [0.05, 0.1) is 110 Å². The first-order valence-corrected chi connectivity index (χ1v) is 35.3. The fraction of sp³-hybridized carbons (Fsp3) is 0.114. The number of aromatic amines is 1. The molecule has 0 fully saturated rings. The summed E-state index contributed by atoms with van der Waals surface area (Å²) in [7, 11) is 0. The van der Waals surface area contributed by atoms with Crippen molar-refractivity contribution in [3.05, 3.63) is 333 Å². The Morgan fingerprint density at radius 2 is 0.750 bits per heavy atom. The van der Waals surface area contributed by atoms with Gasteiger partial charge in [-0.25, -0.2) is 15.0 Å². The minimum absolute atomic E-state index is 0.0105. The number of aliphatic imine (C=N–C) groups is 1. The number of fused-ring (bicyclic) bond motifs is 11. The molecule has 15 aromatic rings. The summed E-state index contributed by atoms with van der Waals surface area (Å²) < 4.78 is 86.0. The summed E-state index contributed by atoms with van der Waals surface area (Å²) in [5, 5.41) is 36.6. The van der Waals surface area contributed by atoms with Crippen molar-refractivity contribution < 1.29 is 55.7 Å². The van der Waals surface area contributed by atoms with Gasteiger partial charge in [-0.2, -0.15) is 26.3 Å². The highest BCUT2D eigenvalue weighted by Crippen LogP contribution is 2.54. The lowest BCUT2D eigenvalue weighted by Gasteiger charge is -2.25. The zero-order valence-electron chi connectivity index (χ0n) is 60.9. The average Bonchev–Trinajstić information content (AvgIpc) is 1.52. The molecule has 0 spiro atoms. The van der Waals surface area contributed by atoms with Crippen LogP contribution in [0.15, 0.2) is 235 Å². The third kappa shape index (κ3) is 12.2. The molecule has 554 valence electrons. The van der Waals surface area contributed by atoms with Gasteiger partial charge in [0, 0.05) is 17.7 Å². The number of halogens is 6. The van der Waals surface area contributed by atoms with Crippen molar-refractivity contribution in [1.29, 1.82) is 0 Å². The number of aryl methyl sites for hydroxylation is 8. The summed E-state index contributed by atoms with van der Waals surface area (Å²) in [5.41, 5.74) is 15.5. The van der Waals surface area contributed by atoms with Gasteiger partial charge in [0.1, 0.15) is 22.7 Å². The summed E-state index contributed by atoms with van der Waals surface area (Å²) >= 11 is 0. The van der Waals surface area contributed by atoms with Gasteiger partial charge in [-0.1, -0.05) is 191 Å². The van der Waals surface area contributed by atoms with E-state index < -0.39 is 62.2 Å². The van der Waals surface area contributed by atoms with E-state index in [1.54, 1.807) is 68.4 Å². The highest BCUT2D eigenvalue weighted by atomic mass is 19.4. The van der Waals surface area contributed by atoms with Crippen molar-refractivity contribution in [2.75, 3.05) is 9.80 Å². The second-order valence-electron chi connectivity index (χ2n) is 28.2. The van der Waals surface area contributed by atoms with Crippen LogP contribution in [0.1, 0.15) is 88.2 Å². The maximum atomic E-state index is 14.6. The van der Waals surface area contributed by atoms with Crippen LogP contribution < -0.4 is 9.80 Å². The van der Waals surface area contributed by atoms with E-state index in [0.717, 1.165) is 128 Å². The first-order chi connectivity index (χ1) is 53.4. The Morgan fingerprint density at radius 3 is 1.19 bits per heavy atom. The van der Waals surface area contributed by atoms with Crippen LogP contribution >= 0.6 is 0 Å². The number of nitrogens with zero attached hydrogens (tertiary/aromatic N) is 9. The number of imidazole rings is 2. The number of alkyl halides is 6. The molecule has 8 heterocycles. The van der Waals surface area contributed by atoms with Crippen molar-refractivity contribution in [3.63, 3.8) is 0 Å². The standard InChI is InChI=1S/C34H23F3N4O6.C34H23F3N4.C20H16N2O2/c1-18-4-9-21(10-5-18)30-28-29(32(42)38(30)24-14-8-20(3)16-26(24)40(44)45)31(22-11-6-19(2)7-12-22)39(33(28)43)25-15-13-23(34(35,36)37)17-27(25)41(46)47;1-18-4-9-21(10-5-18)30-29-28(32-38-24-16-20(3)8-14-26(24)40(30)32)31(22-11-6-19(2)7-12-22)41-27-15-13-23(34(35,36)37)17-25(27)39-33(29)41;1-11-3-7-13(8-4-11)17-15-16(20(24)21-17)18(22-19(15)23)14-9-5-12(2)6-10-14/h4-17H,1-3H3;4-17H,1-3H3;3-10,21,24H,1-2H3. The van der Waals surface area contributed by atoms with Crippen LogP contribution in [0.5, 0.6) is 5.88 Å². The van der Waals surface area contributed by atoms with Gasteiger partial charge in [0.15, 0.2) is 5.88 Å². The smallest absolute Gasteiger partial charge is 0.416 e. The molecule has 24 heteroatoms. The molecule has 0 bridgehead atoms. The van der Waals surface area contributed by atoms with Crippen LogP contribution in [0.2, 0.25) is 0 Å². The summed E-state index contributed by atoms with van der Waals surface area (Å²) in [4.78, 5) is 83.5. The molecule has 2 N–H and O–H groups in total. The Morgan fingerprint density at radius 1 is 0.402 bits per heavy atom. The molecule has 3 aliphatic heterocycles. The largest absolute Gasteiger partial charge is 0.494 e. The fourth-order valence-electron chi connectivity index (χ4n) is 14.8. The molecular weight excluding hydrogens is 1440 g/mol. The Balaban J connectivity index is 0.000000133. The minimum Gasteiger partial charge on any atom is -0.494 e. The van der Waals surface area contributed by atoms with Crippen LogP contribution in [0.25, 0.3) is 89.3 Å². The van der Waals surface area contributed by atoms with Gasteiger partial charge in [-0.05, 0) is 143 Å². The minimum atomic E-state index is -4.91. The number of aromatic nitrogens is 5. The molecule has 10 aromatic carbocycles. The number of hydrogen-bond acceptors (Lipinski definition) is 10. The van der Waals surface area contributed by atoms with Gasteiger partial charge in [0.25, 0.3) is 29.1 Å². The van der Waals surface area contributed by atoms with Crippen LogP contribution in [-0.4, -0.2) is 62.1 Å². The van der Waals surface area contributed by atoms with E-state index in [2.05, 4.69) is 75.9 Å². The number of nitrogens with one attached hydrogen (secondary N) is 1. The van der Waals surface area contributed by atoms with Crippen molar-refractivity contribution in [3.8, 4) is 39.7 Å². The number of hydrogen-bond donors (Lipinski definition) is 2. The lowest BCUT2D eigenvalue weighted by atomic mass is 9.99. The molecule has 0 aliphatic carbocycles. The summed E-state index contributed by atoms with van der Waals surface area (Å²) in [5.74, 6) is -2.11. The molecule has 3 aliphatic rings. The topological polar surface area (TPSA) is 227 Å². The zero-order valence-corrected chi connectivity index (χ0v) is 60.9. The van der Waals surface area contributed by atoms with Gasteiger partial charge in [-0.15, -0.1) is 0 Å². The molecule has 5 aromatic heterocycles. The maximum absolute atomic E-state index is 14.6. The van der Waals surface area contributed by atoms with Crippen LogP contribution in [0.4, 0.5) is 49.1 Å². The van der Waals surface area contributed by atoms with E-state index in [0.29, 0.717) is 62.5 Å². The molecule has 0 atom stereocenters. The Bertz CT molecular complexity index is 6610. The van der Waals surface area contributed by atoms with Crippen molar-refractivity contribution in [2.24, 2.45) is 4.99 Å². The quantitative estimate of drug-likeness (QED) is 0.0748. The number of anilines is 2. The molecule has 18 nitrogen and oxygen atoms in total. The Hall–Kier alpha value is -14.2. The van der Waals surface area contributed by atoms with E-state index in [1.807, 2.05) is 99.7 Å². The van der Waals surface area contributed by atoms with Gasteiger partial charge >= 0.3 is 12.4 Å². The number of benzene rings is 10. The molecule has 0 unspecified atom stereocenters. The van der Waals surface area contributed by atoms with Crippen molar-refractivity contribution in [2.45, 2.75) is 67.7 Å². The molecular formula is C88H62F6N10O8. The lowest BCUT2D eigenvalue weighted by Crippen LogP contribution is -2.30. The van der Waals surface area contributed by atoms with Crippen LogP contribution in [0.3, 0.4) is 0 Å². The van der Waals surface area contributed by atoms with Crippen LogP contribution in [0, 0.1) is 75.6 Å². The molecule has 0 saturated carbocycles. The highest BCUT2D eigenvalue weighted by molar-refractivity contribution is 6.42. The van der Waals surface area contributed by atoms with Gasteiger partial charge in [0.2, 0.25) is 0 Å². The summed E-state index contributed by atoms with van der Waals surface area (Å²) in [6.45, 7) is 15.4. The molecule has 3 amide bonds. The Kier molecular flexibility index (Phi) is 17.3. The second kappa shape index (κ2) is 26.9. The van der Waals surface area contributed by atoms with E-state index in [9.17, 15) is 66.1 Å². The fourth-order valence-corrected chi connectivity index (χ4v) is 14.8. The first kappa shape index (κ1) is 72.1. The van der Waals surface area contributed by atoms with E-state index in [-0.39, 0.29) is 45.6 Å². The monoisotopic (exact) mass is 1500 g/mol. The predicted octanol–water partition coefficient (Wildman–Crippen LogP) is 20.8. The summed E-state index contributed by atoms with van der Waals surface area (Å²) in [6.07, 6.45) is -9.37. The number of nitro benzene ring substituents is 2. The molecule has 0 radical (unpaired) electrons. The number of nitro groups is 2. The third-order valence-electron chi connectivity index (χ3n) is 20.3.